The smallest absolute Gasteiger partial charge is 0.356 e. The molecule has 1 aromatic carbocycles. The number of carboxylic acids is 1. The zero-order valence-corrected chi connectivity index (χ0v) is 18.8. The predicted molar refractivity (Wildman–Crippen MR) is 120 cm³/mol. The summed E-state index contributed by atoms with van der Waals surface area (Å²) in [4.78, 5) is 28.6. The molecule has 0 unspecified atom stereocenters. The van der Waals surface area contributed by atoms with E-state index in [0.29, 0.717) is 52.1 Å². The van der Waals surface area contributed by atoms with Crippen LogP contribution in [0, 0.1) is 6.92 Å². The number of hydrogen-bond donors (Lipinski definition) is 2. The molecule has 0 radical (unpaired) electrons. The molecule has 3 saturated carbocycles. The van der Waals surface area contributed by atoms with E-state index in [2.05, 4.69) is 10.3 Å². The number of alkyl halides is 1. The van der Waals surface area contributed by atoms with Crippen LogP contribution >= 0.6 is 23.2 Å². The Labute approximate surface area is 192 Å². The summed E-state index contributed by atoms with van der Waals surface area (Å²) in [5.41, 5.74) is -0.303. The third kappa shape index (κ3) is 3.10. The van der Waals surface area contributed by atoms with Crippen molar-refractivity contribution in [3.8, 4) is 0 Å². The van der Waals surface area contributed by atoms with Crippen molar-refractivity contribution in [3.05, 3.63) is 67.2 Å². The number of benzene rings is 1. The molecule has 3 aromatic rings. The molecule has 2 aromatic heterocycles. The molecule has 0 spiro atoms. The maximum Gasteiger partial charge on any atom is 0.356 e. The van der Waals surface area contributed by atoms with Gasteiger partial charge in [0, 0.05) is 21.6 Å². The number of halogens is 3. The van der Waals surface area contributed by atoms with Crippen molar-refractivity contribution in [1.29, 1.82) is 0 Å². The van der Waals surface area contributed by atoms with Gasteiger partial charge in [0.05, 0.1) is 17.1 Å². The topological polar surface area (TPSA) is 92.4 Å². The van der Waals surface area contributed by atoms with Gasteiger partial charge in [-0.05, 0) is 57.4 Å². The highest BCUT2D eigenvalue weighted by Gasteiger charge is 2.71. The van der Waals surface area contributed by atoms with E-state index >= 15 is 0 Å². The van der Waals surface area contributed by atoms with Crippen LogP contribution in [-0.4, -0.2) is 21.7 Å². The fraction of sp³-hybridized carbons (Fsp3) is 0.348. The summed E-state index contributed by atoms with van der Waals surface area (Å²) >= 11 is 12.2. The van der Waals surface area contributed by atoms with Gasteiger partial charge in [-0.1, -0.05) is 23.2 Å². The van der Waals surface area contributed by atoms with Crippen LogP contribution in [0.2, 0.25) is 10.2 Å². The van der Waals surface area contributed by atoms with Gasteiger partial charge in [0.15, 0.2) is 11.1 Å². The summed E-state index contributed by atoms with van der Waals surface area (Å²) in [6.45, 7) is 3.50. The fourth-order valence-electron chi connectivity index (χ4n) is 5.14. The molecule has 3 aliphatic carbocycles. The van der Waals surface area contributed by atoms with E-state index in [1.54, 1.807) is 26.0 Å². The number of aromatic carboxylic acids is 1. The second kappa shape index (κ2) is 6.93. The van der Waals surface area contributed by atoms with Crippen molar-refractivity contribution in [2.75, 3.05) is 5.32 Å². The molecule has 2 heterocycles. The largest absolute Gasteiger partial charge is 0.476 e. The fourth-order valence-corrected chi connectivity index (χ4v) is 5.51. The molecule has 3 fully saturated rings. The van der Waals surface area contributed by atoms with E-state index in [1.165, 1.54) is 12.1 Å². The molecule has 0 saturated heterocycles. The second-order valence-corrected chi connectivity index (χ2v) is 9.74. The van der Waals surface area contributed by atoms with Crippen LogP contribution in [0.5, 0.6) is 0 Å². The van der Waals surface area contributed by atoms with Crippen molar-refractivity contribution < 1.29 is 18.7 Å². The van der Waals surface area contributed by atoms with Crippen LogP contribution in [-0.2, 0) is 5.41 Å². The van der Waals surface area contributed by atoms with Crippen LogP contribution in [0.3, 0.4) is 0 Å². The molecule has 2 bridgehead atoms. The summed E-state index contributed by atoms with van der Waals surface area (Å²) in [7, 11) is 0. The highest BCUT2D eigenvalue weighted by atomic mass is 35.5. The van der Waals surface area contributed by atoms with E-state index in [-0.39, 0.29) is 22.0 Å². The molecule has 9 heteroatoms. The first-order valence-electron chi connectivity index (χ1n) is 10.1. The maximum absolute atomic E-state index is 14.2. The first-order chi connectivity index (χ1) is 15.0. The first-order valence-corrected chi connectivity index (χ1v) is 10.9. The zero-order chi connectivity index (χ0) is 23.0. The summed E-state index contributed by atoms with van der Waals surface area (Å²) < 4.78 is 20.5. The molecule has 6 rings (SSSR count). The Hall–Kier alpha value is -2.64. The zero-order valence-electron chi connectivity index (χ0n) is 17.3. The quantitative estimate of drug-likeness (QED) is 0.450. The number of fused-ring (bicyclic) bond motifs is 1. The molecule has 166 valence electrons. The van der Waals surface area contributed by atoms with Gasteiger partial charge in [-0.2, -0.15) is 0 Å². The number of carboxylic acid groups (broad SMARTS) is 1. The summed E-state index contributed by atoms with van der Waals surface area (Å²) in [5.74, 6) is -0.698. The van der Waals surface area contributed by atoms with Crippen molar-refractivity contribution in [3.63, 3.8) is 0 Å². The average molecular weight is 477 g/mol. The van der Waals surface area contributed by atoms with Gasteiger partial charge < -0.3 is 14.8 Å². The first kappa shape index (κ1) is 21.2. The number of anilines is 1. The van der Waals surface area contributed by atoms with Gasteiger partial charge in [0.25, 0.3) is 0 Å². The van der Waals surface area contributed by atoms with E-state index in [9.17, 15) is 19.1 Å². The number of pyridine rings is 1. The van der Waals surface area contributed by atoms with Gasteiger partial charge in [-0.25, -0.2) is 14.2 Å². The normalized spacial score (nSPS) is 24.5. The Morgan fingerprint density at radius 2 is 1.97 bits per heavy atom. The Kier molecular flexibility index (Phi) is 4.59. The van der Waals surface area contributed by atoms with E-state index < -0.39 is 23.1 Å². The molecule has 6 nitrogen and oxygen atoms in total. The summed E-state index contributed by atoms with van der Waals surface area (Å²) in [6.07, 6.45) is 1.10. The Morgan fingerprint density at radius 1 is 1.28 bits per heavy atom. The molecule has 0 amide bonds. The molecule has 1 atom stereocenters. The third-order valence-electron chi connectivity index (χ3n) is 6.56. The molecule has 2 N–H and O–H groups in total. The van der Waals surface area contributed by atoms with E-state index in [0.717, 1.165) is 0 Å². The standard InChI is InChI=1S/C23H19Cl2FN2O4/c1-10-18(29)14-6-12(24)5-13(19(14)32-20(10)22-7-23(26,8-22)9-22)11(2)27-15-3-4-16(25)28-17(15)21(30)31/h3-6,11,27H,7-9H2,1-2H3,(H,30,31)/t11-,22?,23?/m1/s1. The van der Waals surface area contributed by atoms with Crippen molar-refractivity contribution in [2.24, 2.45) is 0 Å². The van der Waals surface area contributed by atoms with Crippen molar-refractivity contribution in [2.45, 2.75) is 50.2 Å². The van der Waals surface area contributed by atoms with Gasteiger partial charge in [-0.3, -0.25) is 4.79 Å². The van der Waals surface area contributed by atoms with Crippen LogP contribution in [0.15, 0.2) is 33.5 Å². The predicted octanol–water partition coefficient (Wildman–Crippen LogP) is 5.82. The number of nitrogens with zero attached hydrogens (tertiary/aromatic N) is 1. The average Bonchev–Trinajstić information content (AvgIpc) is 2.68. The van der Waals surface area contributed by atoms with E-state index in [1.807, 2.05) is 0 Å². The minimum atomic E-state index is -1.23. The lowest BCUT2D eigenvalue weighted by Crippen LogP contribution is -2.67. The molecular formula is C23H19Cl2FN2O4. The number of nitrogens with one attached hydrogen (secondary N) is 1. The summed E-state index contributed by atoms with van der Waals surface area (Å²) in [5, 5.41) is 13.3. The van der Waals surface area contributed by atoms with Crippen molar-refractivity contribution in [1.82, 2.24) is 4.98 Å². The molecular weight excluding hydrogens is 458 g/mol. The van der Waals surface area contributed by atoms with Gasteiger partial charge in [0.2, 0.25) is 0 Å². The SMILES string of the molecule is Cc1c(C23CC(F)(C2)C3)oc2c([C@@H](C)Nc3ccc(Cl)nc3C(=O)O)cc(Cl)cc2c1=O. The lowest BCUT2D eigenvalue weighted by atomic mass is 9.41. The van der Waals surface area contributed by atoms with Crippen LogP contribution in [0.1, 0.15) is 59.6 Å². The monoisotopic (exact) mass is 476 g/mol. The van der Waals surface area contributed by atoms with Gasteiger partial charge >= 0.3 is 5.97 Å². The lowest BCUT2D eigenvalue weighted by molar-refractivity contribution is -0.167. The number of hydrogen-bond acceptors (Lipinski definition) is 5. The Morgan fingerprint density at radius 3 is 2.59 bits per heavy atom. The maximum atomic E-state index is 14.2. The molecule has 32 heavy (non-hydrogen) atoms. The highest BCUT2D eigenvalue weighted by molar-refractivity contribution is 6.31. The highest BCUT2D eigenvalue weighted by Crippen LogP contribution is 2.70. The Balaban J connectivity index is 1.62. The third-order valence-corrected chi connectivity index (χ3v) is 6.99. The number of aromatic nitrogens is 1. The van der Waals surface area contributed by atoms with Crippen LogP contribution < -0.4 is 10.7 Å². The second-order valence-electron chi connectivity index (χ2n) is 8.92. The lowest BCUT2D eigenvalue weighted by Gasteiger charge is -2.65. The molecule has 3 aliphatic rings. The van der Waals surface area contributed by atoms with Gasteiger partial charge in [-0.15, -0.1) is 0 Å². The van der Waals surface area contributed by atoms with Crippen molar-refractivity contribution >= 4 is 45.8 Å². The minimum Gasteiger partial charge on any atom is -0.476 e. The van der Waals surface area contributed by atoms with Crippen LogP contribution in [0.4, 0.5) is 10.1 Å². The molecule has 0 aliphatic heterocycles. The minimum absolute atomic E-state index is 0.0594. The number of carbonyl (C=O) groups is 1. The Bertz CT molecular complexity index is 1350. The van der Waals surface area contributed by atoms with E-state index in [4.69, 9.17) is 27.6 Å². The van der Waals surface area contributed by atoms with Crippen LogP contribution in [0.25, 0.3) is 11.0 Å². The van der Waals surface area contributed by atoms with Gasteiger partial charge in [0.1, 0.15) is 22.2 Å². The number of rotatable bonds is 5. The summed E-state index contributed by atoms with van der Waals surface area (Å²) in [6, 6.07) is 5.75.